The number of carbonyl (C=O) groups is 1. The minimum Gasteiger partial charge on any atom is -0.369 e. The quantitative estimate of drug-likeness (QED) is 0.632. The van der Waals surface area contributed by atoms with E-state index in [1.807, 2.05) is 35.2 Å². The average Bonchev–Trinajstić information content (AvgIpc) is 2.32. The number of rotatable bonds is 4. The van der Waals surface area contributed by atoms with E-state index in [4.69, 9.17) is 4.74 Å². The smallest absolute Gasteiger partial charge is 0.254 e. The molecule has 4 heteroatoms. The molecule has 1 aliphatic rings. The molecule has 1 aromatic rings. The fourth-order valence-corrected chi connectivity index (χ4v) is 2.92. The molecule has 98 valence electrons. The van der Waals surface area contributed by atoms with Gasteiger partial charge in [0.1, 0.15) is 0 Å². The number of halogens is 1. The summed E-state index contributed by atoms with van der Waals surface area (Å²) in [7, 11) is 1.59. The molecule has 0 saturated carbocycles. The largest absolute Gasteiger partial charge is 0.369 e. The van der Waals surface area contributed by atoms with Gasteiger partial charge in [0, 0.05) is 18.0 Å². The van der Waals surface area contributed by atoms with E-state index in [-0.39, 0.29) is 22.4 Å². The van der Waals surface area contributed by atoms with Crippen molar-refractivity contribution in [1.82, 2.24) is 4.90 Å². The van der Waals surface area contributed by atoms with Crippen molar-refractivity contribution >= 4 is 21.8 Å². The Hall–Kier alpha value is -0.870. The highest BCUT2D eigenvalue weighted by Gasteiger charge is 2.53. The molecule has 0 aromatic heterocycles. The van der Waals surface area contributed by atoms with Gasteiger partial charge >= 0.3 is 0 Å². The number of ether oxygens (including phenoxy) is 1. The van der Waals surface area contributed by atoms with Crippen molar-refractivity contribution in [3.05, 3.63) is 35.9 Å². The Morgan fingerprint density at radius 1 is 1.33 bits per heavy atom. The number of carbonyl (C=O) groups excluding carboxylic acids is 1. The second-order valence-electron chi connectivity index (χ2n) is 5.12. The molecule has 0 aliphatic carbocycles. The molecule has 1 aliphatic heterocycles. The van der Waals surface area contributed by atoms with E-state index in [0.717, 1.165) is 5.56 Å². The number of nitrogens with zero attached hydrogens (tertiary/aromatic N) is 1. The monoisotopic (exact) mass is 311 g/mol. The first-order valence-corrected chi connectivity index (χ1v) is 6.80. The van der Waals surface area contributed by atoms with Crippen LogP contribution in [-0.2, 0) is 16.1 Å². The minimum absolute atomic E-state index is 0.0650. The number of methoxy groups -OCH3 is 1. The number of amides is 1. The summed E-state index contributed by atoms with van der Waals surface area (Å²) in [5, 5.41) is 0. The number of hydrogen-bond acceptors (Lipinski definition) is 2. The van der Waals surface area contributed by atoms with Gasteiger partial charge in [-0.15, -0.1) is 0 Å². The van der Waals surface area contributed by atoms with Gasteiger partial charge in [-0.05, 0) is 19.4 Å². The van der Waals surface area contributed by atoms with Crippen molar-refractivity contribution in [2.24, 2.45) is 0 Å². The van der Waals surface area contributed by atoms with Crippen molar-refractivity contribution in [3.8, 4) is 0 Å². The number of β-lactam (4-membered cyclic amide) rings is 1. The molecule has 1 fully saturated rings. The topological polar surface area (TPSA) is 29.5 Å². The van der Waals surface area contributed by atoms with Crippen LogP contribution >= 0.6 is 15.9 Å². The van der Waals surface area contributed by atoms with Crippen LogP contribution in [0, 0.1) is 0 Å². The van der Waals surface area contributed by atoms with Crippen molar-refractivity contribution < 1.29 is 9.53 Å². The molecule has 1 heterocycles. The van der Waals surface area contributed by atoms with Crippen LogP contribution in [0.5, 0.6) is 0 Å². The molecule has 18 heavy (non-hydrogen) atoms. The van der Waals surface area contributed by atoms with Crippen LogP contribution in [0.1, 0.15) is 19.4 Å². The number of hydrogen-bond donors (Lipinski definition) is 0. The van der Waals surface area contributed by atoms with E-state index >= 15 is 0 Å². The number of alkyl halides is 1. The molecule has 1 aromatic carbocycles. The third kappa shape index (κ3) is 2.45. The highest BCUT2D eigenvalue weighted by atomic mass is 79.9. The maximum absolute atomic E-state index is 12.0. The Bertz CT molecular complexity index is 427. The predicted molar refractivity (Wildman–Crippen MR) is 74.6 cm³/mol. The van der Waals surface area contributed by atoms with Crippen molar-refractivity contribution in [1.29, 1.82) is 0 Å². The van der Waals surface area contributed by atoms with Gasteiger partial charge in [0.15, 0.2) is 6.10 Å². The molecule has 3 nitrogen and oxygen atoms in total. The maximum Gasteiger partial charge on any atom is 0.254 e. The Labute approximate surface area is 116 Å². The van der Waals surface area contributed by atoms with Gasteiger partial charge in [-0.25, -0.2) is 0 Å². The van der Waals surface area contributed by atoms with Crippen molar-refractivity contribution in [2.45, 2.75) is 36.9 Å². The maximum atomic E-state index is 12.0. The Kier molecular flexibility index (Phi) is 3.78. The third-order valence-electron chi connectivity index (χ3n) is 3.30. The summed E-state index contributed by atoms with van der Waals surface area (Å²) in [5.41, 5.74) is 1.14. The zero-order valence-corrected chi connectivity index (χ0v) is 12.5. The van der Waals surface area contributed by atoms with Gasteiger partial charge in [0.2, 0.25) is 0 Å². The second-order valence-corrected chi connectivity index (χ2v) is 7.16. The molecule has 0 unspecified atom stereocenters. The van der Waals surface area contributed by atoms with Gasteiger partial charge in [-0.1, -0.05) is 46.3 Å². The Morgan fingerprint density at radius 2 is 1.94 bits per heavy atom. The second kappa shape index (κ2) is 5.02. The molecule has 2 rings (SSSR count). The van der Waals surface area contributed by atoms with Crippen LogP contribution in [0.2, 0.25) is 0 Å². The van der Waals surface area contributed by atoms with E-state index in [9.17, 15) is 4.79 Å². The molecular weight excluding hydrogens is 294 g/mol. The van der Waals surface area contributed by atoms with Crippen LogP contribution in [0.3, 0.4) is 0 Å². The molecule has 0 bridgehead atoms. The first-order valence-electron chi connectivity index (χ1n) is 6.01. The molecule has 1 amide bonds. The van der Waals surface area contributed by atoms with Gasteiger partial charge in [-0.2, -0.15) is 0 Å². The SMILES string of the molecule is CO[C@@H]1C(=O)N(Cc2ccccc2)[C@@H]1C(C)(C)Br. The van der Waals surface area contributed by atoms with Crippen LogP contribution in [0.25, 0.3) is 0 Å². The van der Waals surface area contributed by atoms with E-state index in [1.54, 1.807) is 7.11 Å². The fraction of sp³-hybridized carbons (Fsp3) is 0.500. The lowest BCUT2D eigenvalue weighted by Crippen LogP contribution is -2.70. The van der Waals surface area contributed by atoms with Crippen LogP contribution in [0.4, 0.5) is 0 Å². The summed E-state index contributed by atoms with van der Waals surface area (Å²) in [4.78, 5) is 13.9. The molecule has 0 spiro atoms. The lowest BCUT2D eigenvalue weighted by molar-refractivity contribution is -0.174. The fourth-order valence-electron chi connectivity index (χ4n) is 2.43. The first-order chi connectivity index (χ1) is 8.45. The summed E-state index contributed by atoms with van der Waals surface area (Å²) in [5.74, 6) is 0.0684. The van der Waals surface area contributed by atoms with E-state index in [2.05, 4.69) is 29.8 Å². The summed E-state index contributed by atoms with van der Waals surface area (Å²) in [6, 6.07) is 10.1. The lowest BCUT2D eigenvalue weighted by Gasteiger charge is -2.51. The van der Waals surface area contributed by atoms with Crippen LogP contribution < -0.4 is 0 Å². The molecule has 2 atom stereocenters. The summed E-state index contributed by atoms with van der Waals surface area (Å²) in [6.45, 7) is 4.77. The molecule has 0 radical (unpaired) electrons. The standard InChI is InChI=1S/C14H18BrNO2/c1-14(2,15)12-11(18-3)13(17)16(12)9-10-7-5-4-6-8-10/h4-8,11-12H,9H2,1-3H3/t11-,12-/m0/s1. The van der Waals surface area contributed by atoms with Gasteiger partial charge < -0.3 is 9.64 Å². The molecular formula is C14H18BrNO2. The zero-order valence-electron chi connectivity index (χ0n) is 10.9. The Balaban J connectivity index is 2.15. The predicted octanol–water partition coefficient (Wildman–Crippen LogP) is 2.59. The summed E-state index contributed by atoms with van der Waals surface area (Å²) in [6.07, 6.45) is -0.330. The van der Waals surface area contributed by atoms with E-state index in [1.165, 1.54) is 0 Å². The van der Waals surface area contributed by atoms with E-state index < -0.39 is 0 Å². The minimum atomic E-state index is -0.330. The summed E-state index contributed by atoms with van der Waals surface area (Å²) >= 11 is 3.64. The zero-order chi connectivity index (χ0) is 13.3. The molecule has 0 N–H and O–H groups in total. The third-order valence-corrected chi connectivity index (χ3v) is 3.77. The van der Waals surface area contributed by atoms with Crippen molar-refractivity contribution in [2.75, 3.05) is 7.11 Å². The molecule has 1 saturated heterocycles. The highest BCUT2D eigenvalue weighted by Crippen LogP contribution is 2.37. The summed E-state index contributed by atoms with van der Waals surface area (Å²) < 4.78 is 5.13. The van der Waals surface area contributed by atoms with Gasteiger partial charge in [0.25, 0.3) is 5.91 Å². The van der Waals surface area contributed by atoms with Gasteiger partial charge in [0.05, 0.1) is 6.04 Å². The van der Waals surface area contributed by atoms with Crippen LogP contribution in [-0.4, -0.2) is 34.4 Å². The van der Waals surface area contributed by atoms with Crippen LogP contribution in [0.15, 0.2) is 30.3 Å². The number of benzene rings is 1. The highest BCUT2D eigenvalue weighted by molar-refractivity contribution is 9.10. The van der Waals surface area contributed by atoms with Crippen molar-refractivity contribution in [3.63, 3.8) is 0 Å². The Morgan fingerprint density at radius 3 is 2.44 bits per heavy atom. The number of likely N-dealkylation sites (tertiary alicyclic amines) is 1. The van der Waals surface area contributed by atoms with Gasteiger partial charge in [-0.3, -0.25) is 4.79 Å². The lowest BCUT2D eigenvalue weighted by atomic mass is 9.87. The van der Waals surface area contributed by atoms with E-state index in [0.29, 0.717) is 6.54 Å². The normalized spacial score (nSPS) is 24.0. The average molecular weight is 312 g/mol. The first kappa shape index (κ1) is 13.6.